The zero-order chi connectivity index (χ0) is 13.7. The molecule has 0 aliphatic heterocycles. The Balaban J connectivity index is 2.56. The zero-order valence-electron chi connectivity index (χ0n) is 11.7. The summed E-state index contributed by atoms with van der Waals surface area (Å²) in [6.07, 6.45) is 0.461. The quantitative estimate of drug-likeness (QED) is 0.829. The summed E-state index contributed by atoms with van der Waals surface area (Å²) in [4.78, 5) is 17.6. The van der Waals surface area contributed by atoms with Crippen molar-refractivity contribution in [1.82, 2.24) is 20.4 Å². The Hall–Kier alpha value is -1.43. The zero-order valence-corrected chi connectivity index (χ0v) is 11.7. The third kappa shape index (κ3) is 3.80. The third-order valence-electron chi connectivity index (χ3n) is 2.96. The maximum Gasteiger partial charge on any atom is 0.243 e. The number of nitrogens with zero attached hydrogens (tertiary/aromatic N) is 3. The Morgan fingerprint density at radius 1 is 1.44 bits per heavy atom. The number of carbonyl (C=O) groups excluding carboxylic acids is 1. The van der Waals surface area contributed by atoms with Crippen LogP contribution in [-0.2, 0) is 4.79 Å². The van der Waals surface area contributed by atoms with E-state index in [0.717, 1.165) is 5.82 Å². The number of nitrogens with one attached hydrogen (secondary N) is 1. The fourth-order valence-electron chi connectivity index (χ4n) is 1.44. The Morgan fingerprint density at radius 3 is 2.61 bits per heavy atom. The monoisotopic (exact) mass is 254 g/mol. The molecule has 0 saturated carbocycles. The SMILES string of the molecule is CNC(=O)CCN(C)C(C)c1nc(C(C)C)no1. The van der Waals surface area contributed by atoms with Gasteiger partial charge in [0.05, 0.1) is 6.04 Å². The summed E-state index contributed by atoms with van der Waals surface area (Å²) < 4.78 is 5.24. The predicted molar refractivity (Wildman–Crippen MR) is 68.1 cm³/mol. The second-order valence-corrected chi connectivity index (χ2v) is 4.73. The fourth-order valence-corrected chi connectivity index (χ4v) is 1.44. The van der Waals surface area contributed by atoms with Gasteiger partial charge in [-0.1, -0.05) is 19.0 Å². The van der Waals surface area contributed by atoms with Crippen LogP contribution in [0.25, 0.3) is 0 Å². The normalized spacial score (nSPS) is 13.1. The topological polar surface area (TPSA) is 71.3 Å². The molecular formula is C12H22N4O2. The summed E-state index contributed by atoms with van der Waals surface area (Å²) in [7, 11) is 3.57. The van der Waals surface area contributed by atoms with Crippen molar-refractivity contribution in [2.24, 2.45) is 0 Å². The molecule has 6 nitrogen and oxygen atoms in total. The molecule has 1 unspecified atom stereocenters. The maximum atomic E-state index is 11.2. The first kappa shape index (κ1) is 14.6. The average Bonchev–Trinajstić information content (AvgIpc) is 2.84. The number of amides is 1. The largest absolute Gasteiger partial charge is 0.359 e. The molecule has 0 saturated heterocycles. The van der Waals surface area contributed by atoms with Gasteiger partial charge < -0.3 is 9.84 Å². The molecule has 18 heavy (non-hydrogen) atoms. The first-order valence-corrected chi connectivity index (χ1v) is 6.20. The van der Waals surface area contributed by atoms with Crippen molar-refractivity contribution in [2.45, 2.75) is 39.2 Å². The summed E-state index contributed by atoms with van der Waals surface area (Å²) in [5.41, 5.74) is 0. The van der Waals surface area contributed by atoms with Crippen molar-refractivity contribution in [3.05, 3.63) is 11.7 Å². The standard InChI is InChI=1S/C12H22N4O2/c1-8(2)11-14-12(18-15-11)9(3)16(5)7-6-10(17)13-4/h8-9H,6-7H2,1-5H3,(H,13,17). The molecule has 1 aromatic heterocycles. The molecule has 1 aromatic rings. The molecule has 0 spiro atoms. The summed E-state index contributed by atoms with van der Waals surface area (Å²) in [5.74, 6) is 1.60. The Labute approximate surface area is 108 Å². The van der Waals surface area contributed by atoms with E-state index in [1.807, 2.05) is 32.7 Å². The number of hydrogen-bond donors (Lipinski definition) is 1. The van der Waals surface area contributed by atoms with Crippen molar-refractivity contribution in [3.8, 4) is 0 Å². The molecule has 102 valence electrons. The molecule has 1 rings (SSSR count). The van der Waals surface area contributed by atoms with Gasteiger partial charge >= 0.3 is 0 Å². The minimum atomic E-state index is 0.00894. The highest BCUT2D eigenvalue weighted by Crippen LogP contribution is 2.19. The van der Waals surface area contributed by atoms with Crippen molar-refractivity contribution in [2.75, 3.05) is 20.6 Å². The molecule has 1 N–H and O–H groups in total. The highest BCUT2D eigenvalue weighted by molar-refractivity contribution is 5.75. The molecule has 0 aliphatic carbocycles. The molecule has 1 heterocycles. The van der Waals surface area contributed by atoms with Crippen LogP contribution in [0.1, 0.15) is 50.9 Å². The summed E-state index contributed by atoms with van der Waals surface area (Å²) >= 11 is 0. The smallest absolute Gasteiger partial charge is 0.243 e. The Bertz CT molecular complexity index is 389. The van der Waals surface area contributed by atoms with E-state index in [-0.39, 0.29) is 17.9 Å². The first-order valence-electron chi connectivity index (χ1n) is 6.20. The number of rotatable bonds is 6. The van der Waals surface area contributed by atoms with Crippen LogP contribution >= 0.6 is 0 Å². The van der Waals surface area contributed by atoms with Crippen LogP contribution in [0.5, 0.6) is 0 Å². The lowest BCUT2D eigenvalue weighted by atomic mass is 10.2. The third-order valence-corrected chi connectivity index (χ3v) is 2.96. The van der Waals surface area contributed by atoms with Gasteiger partial charge in [-0.2, -0.15) is 4.98 Å². The highest BCUT2D eigenvalue weighted by Gasteiger charge is 2.19. The van der Waals surface area contributed by atoms with E-state index in [0.29, 0.717) is 18.9 Å². The second kappa shape index (κ2) is 6.49. The second-order valence-electron chi connectivity index (χ2n) is 4.73. The van der Waals surface area contributed by atoms with E-state index in [2.05, 4.69) is 15.5 Å². The van der Waals surface area contributed by atoms with Gasteiger partial charge in [0, 0.05) is 25.9 Å². The average molecular weight is 254 g/mol. The van der Waals surface area contributed by atoms with E-state index in [4.69, 9.17) is 4.52 Å². The molecule has 0 aliphatic rings. The number of aromatic nitrogens is 2. The first-order chi connectivity index (χ1) is 8.45. The summed E-state index contributed by atoms with van der Waals surface area (Å²) in [5, 5.41) is 6.54. The van der Waals surface area contributed by atoms with Crippen molar-refractivity contribution < 1.29 is 9.32 Å². The minimum absolute atomic E-state index is 0.00894. The number of carbonyl (C=O) groups is 1. The van der Waals surface area contributed by atoms with Crippen LogP contribution in [0.4, 0.5) is 0 Å². The van der Waals surface area contributed by atoms with E-state index in [1.165, 1.54) is 0 Å². The molecule has 0 bridgehead atoms. The van der Waals surface area contributed by atoms with Gasteiger partial charge in [-0.05, 0) is 14.0 Å². The molecule has 0 fully saturated rings. The van der Waals surface area contributed by atoms with E-state index >= 15 is 0 Å². The van der Waals surface area contributed by atoms with Crippen molar-refractivity contribution in [3.63, 3.8) is 0 Å². The lowest BCUT2D eigenvalue weighted by molar-refractivity contribution is -0.121. The summed E-state index contributed by atoms with van der Waals surface area (Å²) in [6, 6.07) is 0.00894. The lowest BCUT2D eigenvalue weighted by Gasteiger charge is -2.20. The molecule has 0 radical (unpaired) electrons. The molecule has 0 aromatic carbocycles. The van der Waals surface area contributed by atoms with Gasteiger partial charge in [0.2, 0.25) is 11.8 Å². The van der Waals surface area contributed by atoms with Crippen LogP contribution < -0.4 is 5.32 Å². The maximum absolute atomic E-state index is 11.2. The molecule has 1 atom stereocenters. The van der Waals surface area contributed by atoms with Crippen molar-refractivity contribution in [1.29, 1.82) is 0 Å². The van der Waals surface area contributed by atoms with E-state index in [1.54, 1.807) is 7.05 Å². The van der Waals surface area contributed by atoms with Gasteiger partial charge in [0.25, 0.3) is 0 Å². The van der Waals surface area contributed by atoms with Gasteiger partial charge in [-0.15, -0.1) is 0 Å². The number of hydrogen-bond acceptors (Lipinski definition) is 5. The minimum Gasteiger partial charge on any atom is -0.359 e. The van der Waals surface area contributed by atoms with Crippen LogP contribution in [0.3, 0.4) is 0 Å². The van der Waals surface area contributed by atoms with Crippen molar-refractivity contribution >= 4 is 5.91 Å². The predicted octanol–water partition coefficient (Wildman–Crippen LogP) is 1.32. The van der Waals surface area contributed by atoms with Gasteiger partial charge in [-0.25, -0.2) is 0 Å². The van der Waals surface area contributed by atoms with Gasteiger partial charge in [-0.3, -0.25) is 9.69 Å². The molecular weight excluding hydrogens is 232 g/mol. The van der Waals surface area contributed by atoms with Crippen LogP contribution in [0.15, 0.2) is 4.52 Å². The van der Waals surface area contributed by atoms with E-state index < -0.39 is 0 Å². The van der Waals surface area contributed by atoms with E-state index in [9.17, 15) is 4.79 Å². The highest BCUT2D eigenvalue weighted by atomic mass is 16.5. The van der Waals surface area contributed by atoms with Gasteiger partial charge in [0.15, 0.2) is 5.82 Å². The van der Waals surface area contributed by atoms with Crippen LogP contribution in [-0.4, -0.2) is 41.6 Å². The van der Waals surface area contributed by atoms with Crippen LogP contribution in [0.2, 0.25) is 0 Å². The van der Waals surface area contributed by atoms with Gasteiger partial charge in [0.1, 0.15) is 0 Å². The Kier molecular flexibility index (Phi) is 5.27. The Morgan fingerprint density at radius 2 is 2.11 bits per heavy atom. The molecule has 1 amide bonds. The molecule has 6 heteroatoms. The fraction of sp³-hybridized carbons (Fsp3) is 0.750. The lowest BCUT2D eigenvalue weighted by Crippen LogP contribution is -2.28. The summed E-state index contributed by atoms with van der Waals surface area (Å²) in [6.45, 7) is 6.69. The van der Waals surface area contributed by atoms with Crippen LogP contribution in [0, 0.1) is 0 Å².